The Morgan fingerprint density at radius 2 is 1.73 bits per heavy atom. The summed E-state index contributed by atoms with van der Waals surface area (Å²) < 4.78 is 0. The molecule has 132 valence electrons. The monoisotopic (exact) mass is 406 g/mol. The summed E-state index contributed by atoms with van der Waals surface area (Å²) in [6.45, 7) is 1.74. The maximum atomic E-state index is 12.3. The van der Waals surface area contributed by atoms with Gasteiger partial charge in [-0.1, -0.05) is 53.0 Å². The minimum atomic E-state index is -0.415. The molecule has 2 N–H and O–H groups in total. The highest BCUT2D eigenvalue weighted by Gasteiger charge is 2.11. The number of benzene rings is 2. The molecule has 0 aliphatic heterocycles. The van der Waals surface area contributed by atoms with Gasteiger partial charge in [-0.15, -0.1) is 0 Å². The highest BCUT2D eigenvalue weighted by atomic mass is 35.5. The Morgan fingerprint density at radius 3 is 2.42 bits per heavy atom. The highest BCUT2D eigenvalue weighted by Crippen LogP contribution is 2.22. The zero-order chi connectivity index (χ0) is 18.7. The molecular formula is C18H13Cl3N4O. The normalized spacial score (nSPS) is 11.5. The fraction of sp³-hybridized carbons (Fsp3) is 0.0556. The van der Waals surface area contributed by atoms with Gasteiger partial charge in [-0.05, 0) is 37.3 Å². The number of rotatable bonds is 4. The Kier molecular flexibility index (Phi) is 5.61. The summed E-state index contributed by atoms with van der Waals surface area (Å²) in [5, 5.41) is 12.5. The van der Waals surface area contributed by atoms with E-state index < -0.39 is 5.91 Å². The van der Waals surface area contributed by atoms with Crippen molar-refractivity contribution in [3.8, 4) is 11.3 Å². The van der Waals surface area contributed by atoms with Crippen LogP contribution in [0, 0.1) is 0 Å². The first kappa shape index (κ1) is 18.5. The highest BCUT2D eigenvalue weighted by molar-refractivity contribution is 6.37. The number of H-pyrrole nitrogens is 1. The Bertz CT molecular complexity index is 980. The number of hydrogen-bond donors (Lipinski definition) is 2. The molecule has 1 aromatic heterocycles. The fourth-order valence-corrected chi connectivity index (χ4v) is 2.92. The van der Waals surface area contributed by atoms with Gasteiger partial charge >= 0.3 is 0 Å². The first-order valence-electron chi connectivity index (χ1n) is 7.55. The molecule has 0 atom stereocenters. The minimum absolute atomic E-state index is 0.286. The van der Waals surface area contributed by atoms with E-state index in [1.54, 1.807) is 43.3 Å². The van der Waals surface area contributed by atoms with Crippen LogP contribution in [0.25, 0.3) is 11.3 Å². The SMILES string of the molecule is CC(=NNC(=O)c1cc(-c2ccc(Cl)cc2)n[nH]1)c1ccc(Cl)cc1Cl. The number of hydrazone groups is 1. The lowest BCUT2D eigenvalue weighted by Gasteiger charge is -2.04. The van der Waals surface area contributed by atoms with Gasteiger partial charge in [0.15, 0.2) is 0 Å². The molecule has 8 heteroatoms. The van der Waals surface area contributed by atoms with E-state index in [2.05, 4.69) is 20.7 Å². The van der Waals surface area contributed by atoms with Gasteiger partial charge < -0.3 is 0 Å². The molecule has 0 spiro atoms. The Hall–Kier alpha value is -2.34. The van der Waals surface area contributed by atoms with Crippen molar-refractivity contribution in [1.29, 1.82) is 0 Å². The molecule has 0 radical (unpaired) electrons. The predicted octanol–water partition coefficient (Wildman–Crippen LogP) is 5.19. The third kappa shape index (κ3) is 4.25. The lowest BCUT2D eigenvalue weighted by Crippen LogP contribution is -2.19. The molecule has 26 heavy (non-hydrogen) atoms. The number of amides is 1. The summed E-state index contributed by atoms with van der Waals surface area (Å²) in [4.78, 5) is 12.3. The third-order valence-corrected chi connectivity index (χ3v) is 4.41. The molecule has 0 bridgehead atoms. The second-order valence-corrected chi connectivity index (χ2v) is 6.72. The lowest BCUT2D eigenvalue weighted by atomic mass is 10.1. The molecular weight excluding hydrogens is 395 g/mol. The van der Waals surface area contributed by atoms with Crippen molar-refractivity contribution >= 4 is 46.4 Å². The molecule has 2 aromatic carbocycles. The Morgan fingerprint density at radius 1 is 1.04 bits per heavy atom. The van der Waals surface area contributed by atoms with E-state index in [1.165, 1.54) is 0 Å². The van der Waals surface area contributed by atoms with E-state index in [9.17, 15) is 4.79 Å². The second-order valence-electron chi connectivity index (χ2n) is 5.44. The van der Waals surface area contributed by atoms with Crippen molar-refractivity contribution in [2.75, 3.05) is 0 Å². The van der Waals surface area contributed by atoms with Crippen molar-refractivity contribution in [3.63, 3.8) is 0 Å². The third-order valence-electron chi connectivity index (χ3n) is 3.61. The van der Waals surface area contributed by atoms with Crippen LogP contribution in [0.1, 0.15) is 23.0 Å². The van der Waals surface area contributed by atoms with E-state index in [-0.39, 0.29) is 5.69 Å². The van der Waals surface area contributed by atoms with Crippen LogP contribution in [0.4, 0.5) is 0 Å². The summed E-state index contributed by atoms with van der Waals surface area (Å²) in [5.41, 5.74) is 5.48. The smallest absolute Gasteiger partial charge is 0.272 e. The van der Waals surface area contributed by atoms with Crippen LogP contribution in [0.3, 0.4) is 0 Å². The van der Waals surface area contributed by atoms with Gasteiger partial charge in [0.1, 0.15) is 5.69 Å². The van der Waals surface area contributed by atoms with Gasteiger partial charge in [-0.3, -0.25) is 9.89 Å². The number of carbonyl (C=O) groups is 1. The number of halogens is 3. The first-order chi connectivity index (χ1) is 12.4. The lowest BCUT2D eigenvalue weighted by molar-refractivity contribution is 0.0950. The van der Waals surface area contributed by atoms with Gasteiger partial charge in [0.2, 0.25) is 0 Å². The summed E-state index contributed by atoms with van der Waals surface area (Å²) in [6, 6.07) is 13.9. The number of carbonyl (C=O) groups excluding carboxylic acids is 1. The molecule has 0 aliphatic rings. The van der Waals surface area contributed by atoms with Gasteiger partial charge in [0.25, 0.3) is 5.91 Å². The summed E-state index contributed by atoms with van der Waals surface area (Å²) in [5.74, 6) is -0.415. The number of aromatic amines is 1. The molecule has 1 heterocycles. The van der Waals surface area contributed by atoms with Crippen LogP contribution in [-0.4, -0.2) is 21.8 Å². The maximum Gasteiger partial charge on any atom is 0.289 e. The van der Waals surface area contributed by atoms with Gasteiger partial charge in [0, 0.05) is 21.2 Å². The molecule has 3 aromatic rings. The van der Waals surface area contributed by atoms with E-state index >= 15 is 0 Å². The second kappa shape index (κ2) is 7.91. The summed E-state index contributed by atoms with van der Waals surface area (Å²) >= 11 is 17.9. The largest absolute Gasteiger partial charge is 0.289 e. The van der Waals surface area contributed by atoms with Crippen LogP contribution in [0.15, 0.2) is 53.6 Å². The van der Waals surface area contributed by atoms with Crippen LogP contribution >= 0.6 is 34.8 Å². The van der Waals surface area contributed by atoms with Gasteiger partial charge in [-0.25, -0.2) is 5.43 Å². The minimum Gasteiger partial charge on any atom is -0.272 e. The molecule has 3 rings (SSSR count). The van der Waals surface area contributed by atoms with Crippen LogP contribution in [0.2, 0.25) is 15.1 Å². The topological polar surface area (TPSA) is 70.1 Å². The van der Waals surface area contributed by atoms with Crippen molar-refractivity contribution in [2.24, 2.45) is 5.10 Å². The van der Waals surface area contributed by atoms with Crippen LogP contribution in [0.5, 0.6) is 0 Å². The number of hydrogen-bond acceptors (Lipinski definition) is 3. The van der Waals surface area contributed by atoms with Gasteiger partial charge in [0.05, 0.1) is 16.4 Å². The Balaban J connectivity index is 1.73. The van der Waals surface area contributed by atoms with E-state index in [1.807, 2.05) is 12.1 Å². The standard InChI is InChI=1S/C18H13Cl3N4O/c1-10(14-7-6-13(20)8-15(14)21)22-25-18(26)17-9-16(23-24-17)11-2-4-12(19)5-3-11/h2-9H,1H3,(H,23,24)(H,25,26). The van der Waals surface area contributed by atoms with Crippen molar-refractivity contribution in [1.82, 2.24) is 15.6 Å². The van der Waals surface area contributed by atoms with Crippen molar-refractivity contribution in [3.05, 3.63) is 74.9 Å². The molecule has 0 aliphatic carbocycles. The summed E-state index contributed by atoms with van der Waals surface area (Å²) in [7, 11) is 0. The zero-order valence-electron chi connectivity index (χ0n) is 13.6. The maximum absolute atomic E-state index is 12.3. The first-order valence-corrected chi connectivity index (χ1v) is 8.69. The number of nitrogens with one attached hydrogen (secondary N) is 2. The number of nitrogens with zero attached hydrogens (tertiary/aromatic N) is 2. The quantitative estimate of drug-likeness (QED) is 0.461. The van der Waals surface area contributed by atoms with Crippen molar-refractivity contribution < 1.29 is 4.79 Å². The molecule has 0 fully saturated rings. The number of aromatic nitrogens is 2. The van der Waals surface area contributed by atoms with Crippen LogP contribution < -0.4 is 5.43 Å². The summed E-state index contributed by atoms with van der Waals surface area (Å²) in [6.07, 6.45) is 0. The predicted molar refractivity (Wildman–Crippen MR) is 105 cm³/mol. The fourth-order valence-electron chi connectivity index (χ4n) is 2.24. The molecule has 5 nitrogen and oxygen atoms in total. The average Bonchev–Trinajstić information content (AvgIpc) is 3.10. The van der Waals surface area contributed by atoms with E-state index in [0.29, 0.717) is 32.0 Å². The molecule has 1 amide bonds. The van der Waals surface area contributed by atoms with E-state index in [0.717, 1.165) is 5.56 Å². The van der Waals surface area contributed by atoms with Crippen molar-refractivity contribution in [2.45, 2.75) is 6.92 Å². The van der Waals surface area contributed by atoms with E-state index in [4.69, 9.17) is 34.8 Å². The van der Waals surface area contributed by atoms with Gasteiger partial charge in [-0.2, -0.15) is 10.2 Å². The molecule has 0 saturated heterocycles. The Labute approximate surface area is 165 Å². The zero-order valence-corrected chi connectivity index (χ0v) is 15.8. The molecule has 0 saturated carbocycles. The average molecular weight is 408 g/mol. The molecule has 0 unspecified atom stereocenters. The van der Waals surface area contributed by atoms with Crippen LogP contribution in [-0.2, 0) is 0 Å².